The van der Waals surface area contributed by atoms with Crippen molar-refractivity contribution in [3.8, 4) is 0 Å². The molecule has 1 amide bonds. The van der Waals surface area contributed by atoms with E-state index in [4.69, 9.17) is 8.83 Å². The van der Waals surface area contributed by atoms with Gasteiger partial charge in [0.2, 0.25) is 0 Å². The highest BCUT2D eigenvalue weighted by Crippen LogP contribution is 2.22. The van der Waals surface area contributed by atoms with Gasteiger partial charge in [0.15, 0.2) is 10.4 Å². The summed E-state index contributed by atoms with van der Waals surface area (Å²) in [6.45, 7) is -1.67. The maximum absolute atomic E-state index is 12.6. The molecule has 108 valence electrons. The van der Waals surface area contributed by atoms with Gasteiger partial charge in [-0.05, 0) is 40.2 Å². The third-order valence-electron chi connectivity index (χ3n) is 2.37. The van der Waals surface area contributed by atoms with Gasteiger partial charge in [0.1, 0.15) is 12.3 Å². The van der Waals surface area contributed by atoms with Crippen molar-refractivity contribution in [2.24, 2.45) is 0 Å². The van der Waals surface area contributed by atoms with Gasteiger partial charge in [-0.15, -0.1) is 0 Å². The Morgan fingerprint density at radius 2 is 2.05 bits per heavy atom. The first-order chi connectivity index (χ1) is 9.35. The Hall–Kier alpha value is -1.70. The van der Waals surface area contributed by atoms with E-state index >= 15 is 0 Å². The van der Waals surface area contributed by atoms with Crippen LogP contribution in [0.3, 0.4) is 0 Å². The van der Waals surface area contributed by atoms with Crippen LogP contribution in [-0.2, 0) is 6.54 Å². The molecule has 0 spiro atoms. The van der Waals surface area contributed by atoms with Gasteiger partial charge in [-0.3, -0.25) is 4.79 Å². The van der Waals surface area contributed by atoms with Gasteiger partial charge >= 0.3 is 6.18 Å². The van der Waals surface area contributed by atoms with Crippen LogP contribution in [0, 0.1) is 0 Å². The van der Waals surface area contributed by atoms with Gasteiger partial charge in [-0.1, -0.05) is 0 Å². The molecule has 0 aliphatic rings. The second kappa shape index (κ2) is 5.74. The van der Waals surface area contributed by atoms with E-state index in [1.165, 1.54) is 30.5 Å². The number of alkyl halides is 3. The highest BCUT2D eigenvalue weighted by atomic mass is 79.9. The van der Waals surface area contributed by atoms with E-state index in [2.05, 4.69) is 15.9 Å². The summed E-state index contributed by atoms with van der Waals surface area (Å²) in [5, 5.41) is 0. The lowest BCUT2D eigenvalue weighted by Gasteiger charge is -2.21. The summed E-state index contributed by atoms with van der Waals surface area (Å²) in [6, 6.07) is 5.77. The van der Waals surface area contributed by atoms with Crippen LogP contribution < -0.4 is 0 Å². The number of carbonyl (C=O) groups excluding carboxylic acids is 1. The summed E-state index contributed by atoms with van der Waals surface area (Å²) < 4.78 is 47.9. The van der Waals surface area contributed by atoms with E-state index in [9.17, 15) is 18.0 Å². The molecule has 0 atom stereocenters. The van der Waals surface area contributed by atoms with Crippen molar-refractivity contribution in [2.45, 2.75) is 12.7 Å². The van der Waals surface area contributed by atoms with E-state index in [1.807, 2.05) is 0 Å². The molecule has 4 nitrogen and oxygen atoms in total. The molecule has 0 N–H and O–H groups in total. The lowest BCUT2D eigenvalue weighted by Crippen LogP contribution is -2.38. The van der Waals surface area contributed by atoms with Crippen LogP contribution in [0.2, 0.25) is 0 Å². The molecule has 0 unspecified atom stereocenters. The first-order valence-corrected chi connectivity index (χ1v) is 6.28. The Morgan fingerprint density at radius 1 is 1.30 bits per heavy atom. The van der Waals surface area contributed by atoms with Crippen molar-refractivity contribution in [2.75, 3.05) is 6.54 Å². The number of hydrogen-bond donors (Lipinski definition) is 0. The van der Waals surface area contributed by atoms with Crippen LogP contribution in [-0.4, -0.2) is 23.5 Å². The fourth-order valence-electron chi connectivity index (χ4n) is 1.59. The molecule has 2 heterocycles. The van der Waals surface area contributed by atoms with Gasteiger partial charge in [0.25, 0.3) is 5.91 Å². The molecular weight excluding hydrogens is 343 g/mol. The van der Waals surface area contributed by atoms with E-state index < -0.39 is 18.6 Å². The summed E-state index contributed by atoms with van der Waals surface area (Å²) in [6.07, 6.45) is -3.18. The smallest absolute Gasteiger partial charge is 0.406 e. The number of furan rings is 2. The zero-order valence-corrected chi connectivity index (χ0v) is 11.6. The van der Waals surface area contributed by atoms with Crippen LogP contribution in [0.1, 0.15) is 16.3 Å². The van der Waals surface area contributed by atoms with Crippen molar-refractivity contribution < 1.29 is 26.8 Å². The lowest BCUT2D eigenvalue weighted by atomic mass is 10.3. The first kappa shape index (κ1) is 14.7. The maximum Gasteiger partial charge on any atom is 0.406 e. The van der Waals surface area contributed by atoms with Gasteiger partial charge in [0, 0.05) is 0 Å². The quantitative estimate of drug-likeness (QED) is 0.840. The topological polar surface area (TPSA) is 46.6 Å². The zero-order chi connectivity index (χ0) is 14.8. The van der Waals surface area contributed by atoms with E-state index in [0.29, 0.717) is 4.90 Å². The predicted octanol–water partition coefficient (Wildman–Crippen LogP) is 3.84. The van der Waals surface area contributed by atoms with Crippen LogP contribution in [0.5, 0.6) is 0 Å². The molecule has 2 aromatic rings. The fourth-order valence-corrected chi connectivity index (χ4v) is 1.90. The number of halogens is 4. The lowest BCUT2D eigenvalue weighted by molar-refractivity contribution is -0.142. The van der Waals surface area contributed by atoms with Crippen molar-refractivity contribution in [1.29, 1.82) is 0 Å². The van der Waals surface area contributed by atoms with Crippen LogP contribution >= 0.6 is 15.9 Å². The van der Waals surface area contributed by atoms with Crippen molar-refractivity contribution in [1.82, 2.24) is 4.90 Å². The Bertz CT molecular complexity index is 577. The average Bonchev–Trinajstić information content (AvgIpc) is 2.97. The second-order valence-corrected chi connectivity index (χ2v) is 4.74. The molecule has 0 aromatic carbocycles. The Kier molecular flexibility index (Phi) is 4.22. The SMILES string of the molecule is O=C(c1ccc(Br)o1)N(Cc1ccco1)CC(F)(F)F. The summed E-state index contributed by atoms with van der Waals surface area (Å²) in [7, 11) is 0. The Balaban J connectivity index is 2.19. The number of hydrogen-bond acceptors (Lipinski definition) is 3. The molecule has 0 fully saturated rings. The largest absolute Gasteiger partial charge is 0.467 e. The third-order valence-corrected chi connectivity index (χ3v) is 2.79. The summed E-state index contributed by atoms with van der Waals surface area (Å²) in [5.41, 5.74) is 0. The minimum atomic E-state index is -4.51. The molecule has 0 bridgehead atoms. The summed E-state index contributed by atoms with van der Waals surface area (Å²) >= 11 is 2.99. The molecule has 2 aromatic heterocycles. The van der Waals surface area contributed by atoms with E-state index in [1.54, 1.807) is 0 Å². The number of amides is 1. The van der Waals surface area contributed by atoms with Crippen molar-refractivity contribution in [3.63, 3.8) is 0 Å². The predicted molar refractivity (Wildman–Crippen MR) is 65.9 cm³/mol. The highest BCUT2D eigenvalue weighted by molar-refractivity contribution is 9.10. The van der Waals surface area contributed by atoms with Gasteiger partial charge in [-0.25, -0.2) is 0 Å². The van der Waals surface area contributed by atoms with Crippen LogP contribution in [0.4, 0.5) is 13.2 Å². The van der Waals surface area contributed by atoms with E-state index in [-0.39, 0.29) is 22.7 Å². The molecule has 0 saturated carbocycles. The molecule has 8 heteroatoms. The number of rotatable bonds is 4. The van der Waals surface area contributed by atoms with E-state index in [0.717, 1.165) is 0 Å². The third kappa shape index (κ3) is 3.89. The first-order valence-electron chi connectivity index (χ1n) is 5.49. The minimum Gasteiger partial charge on any atom is -0.467 e. The Morgan fingerprint density at radius 3 is 2.55 bits per heavy atom. The van der Waals surface area contributed by atoms with Crippen LogP contribution in [0.25, 0.3) is 0 Å². The maximum atomic E-state index is 12.6. The normalized spacial score (nSPS) is 11.6. The van der Waals surface area contributed by atoms with Crippen molar-refractivity contribution >= 4 is 21.8 Å². The van der Waals surface area contributed by atoms with Gasteiger partial charge < -0.3 is 13.7 Å². The standard InChI is InChI=1S/C12H9BrF3NO3/c13-10-4-3-9(20-10)11(18)17(7-12(14,15)16)6-8-2-1-5-19-8/h1-5H,6-7H2. The molecule has 0 saturated heterocycles. The highest BCUT2D eigenvalue weighted by Gasteiger charge is 2.34. The molecule has 20 heavy (non-hydrogen) atoms. The minimum absolute atomic E-state index is 0.173. The molecule has 2 rings (SSSR count). The Labute approximate surface area is 120 Å². The molecule has 0 radical (unpaired) electrons. The van der Waals surface area contributed by atoms with Gasteiger partial charge in [-0.2, -0.15) is 13.2 Å². The molecule has 0 aliphatic carbocycles. The summed E-state index contributed by atoms with van der Waals surface area (Å²) in [4.78, 5) is 12.6. The van der Waals surface area contributed by atoms with Crippen LogP contribution in [0.15, 0.2) is 44.0 Å². The number of carbonyl (C=O) groups is 1. The second-order valence-electron chi connectivity index (χ2n) is 3.96. The molecular formula is C12H9BrF3NO3. The fraction of sp³-hybridized carbons (Fsp3) is 0.250. The van der Waals surface area contributed by atoms with Crippen molar-refractivity contribution in [3.05, 3.63) is 46.7 Å². The monoisotopic (exact) mass is 351 g/mol. The average molecular weight is 352 g/mol. The zero-order valence-electron chi connectivity index (χ0n) is 9.98. The summed E-state index contributed by atoms with van der Waals surface area (Å²) in [5.74, 6) is -0.773. The molecule has 0 aliphatic heterocycles. The number of nitrogens with zero attached hydrogens (tertiary/aromatic N) is 1. The van der Waals surface area contributed by atoms with Gasteiger partial charge in [0.05, 0.1) is 12.8 Å².